The first kappa shape index (κ1) is 24.4. The summed E-state index contributed by atoms with van der Waals surface area (Å²) in [6, 6.07) is 3.61. The maximum atomic E-state index is 13.8. The van der Waals surface area contributed by atoms with E-state index >= 15 is 0 Å². The number of carbonyl (C=O) groups is 4. The Labute approximate surface area is 204 Å². The fourth-order valence-electron chi connectivity index (χ4n) is 4.84. The molecule has 0 aliphatic carbocycles. The molecule has 1 aromatic heterocycles. The van der Waals surface area contributed by atoms with Crippen LogP contribution < -0.4 is 20.9 Å². The zero-order chi connectivity index (χ0) is 25.1. The number of rotatable bonds is 8. The molecule has 4 amide bonds. The normalized spacial score (nSPS) is 20.4. The van der Waals surface area contributed by atoms with Gasteiger partial charge >= 0.3 is 0 Å². The van der Waals surface area contributed by atoms with E-state index in [9.17, 15) is 19.2 Å². The number of carbonyl (C=O) groups excluding carboxylic acids is 4. The van der Waals surface area contributed by atoms with Crippen LogP contribution in [-0.2, 0) is 38.6 Å². The second-order valence-electron chi connectivity index (χ2n) is 9.34. The fourth-order valence-corrected chi connectivity index (χ4v) is 4.84. The Hall–Kier alpha value is -3.69. The van der Waals surface area contributed by atoms with E-state index < -0.39 is 18.1 Å². The lowest BCUT2D eigenvalue weighted by atomic mass is 9.97. The quantitative estimate of drug-likeness (QED) is 0.446. The van der Waals surface area contributed by atoms with E-state index in [1.165, 1.54) is 6.92 Å². The second-order valence-corrected chi connectivity index (χ2v) is 9.34. The molecule has 0 unspecified atom stereocenters. The first-order chi connectivity index (χ1) is 16.8. The summed E-state index contributed by atoms with van der Waals surface area (Å²) < 4.78 is 0. The van der Waals surface area contributed by atoms with Crippen molar-refractivity contribution in [3.05, 3.63) is 47.3 Å². The van der Waals surface area contributed by atoms with Gasteiger partial charge in [-0.25, -0.2) is 0 Å². The molecule has 4 N–H and O–H groups in total. The summed E-state index contributed by atoms with van der Waals surface area (Å²) in [4.78, 5) is 53.4. The van der Waals surface area contributed by atoms with E-state index in [-0.39, 0.29) is 29.5 Å². The third-order valence-electron chi connectivity index (χ3n) is 6.90. The smallest absolute Gasteiger partial charge is 0.250 e. The van der Waals surface area contributed by atoms with Crippen LogP contribution in [0.2, 0.25) is 0 Å². The van der Waals surface area contributed by atoms with Crippen molar-refractivity contribution in [2.45, 2.75) is 71.1 Å². The van der Waals surface area contributed by atoms with Crippen molar-refractivity contribution in [1.82, 2.24) is 26.1 Å². The summed E-state index contributed by atoms with van der Waals surface area (Å²) in [7, 11) is 0. The predicted octanol–water partition coefficient (Wildman–Crippen LogP) is 0.966. The van der Waals surface area contributed by atoms with Gasteiger partial charge in [-0.2, -0.15) is 5.10 Å². The third kappa shape index (κ3) is 5.06. The van der Waals surface area contributed by atoms with Crippen LogP contribution in [0, 0.1) is 5.92 Å². The highest BCUT2D eigenvalue weighted by molar-refractivity contribution is 6.08. The number of anilines is 1. The lowest BCUT2D eigenvalue weighted by Gasteiger charge is -2.29. The van der Waals surface area contributed by atoms with Gasteiger partial charge in [-0.3, -0.25) is 29.2 Å². The monoisotopic (exact) mass is 480 g/mol. The molecule has 4 rings (SSSR count). The Balaban J connectivity index is 1.56. The molecule has 4 atom stereocenters. The van der Waals surface area contributed by atoms with Crippen molar-refractivity contribution in [2.24, 2.45) is 5.92 Å². The molecule has 2 aromatic rings. The van der Waals surface area contributed by atoms with Gasteiger partial charge in [-0.1, -0.05) is 38.5 Å². The molecular weight excluding hydrogens is 448 g/mol. The van der Waals surface area contributed by atoms with Crippen molar-refractivity contribution >= 4 is 29.3 Å². The number of para-hydroxylation sites is 1. The number of nitrogens with one attached hydrogen (secondary N) is 4. The number of benzene rings is 1. The molecule has 3 heterocycles. The first-order valence-electron chi connectivity index (χ1n) is 12.1. The molecule has 0 saturated carbocycles. The lowest BCUT2D eigenvalue weighted by Crippen LogP contribution is -2.58. The number of nitrogens with zero attached hydrogens (tertiary/aromatic N) is 2. The van der Waals surface area contributed by atoms with Crippen LogP contribution in [0.3, 0.4) is 0 Å². The van der Waals surface area contributed by atoms with Gasteiger partial charge in [0.1, 0.15) is 18.1 Å². The highest BCUT2D eigenvalue weighted by atomic mass is 16.2. The number of amides is 4. The molecule has 0 fully saturated rings. The largest absolute Gasteiger partial charge is 0.350 e. The number of aromatic amines is 1. The molecule has 10 nitrogen and oxygen atoms in total. The number of hydrogen-bond donors (Lipinski definition) is 4. The molecule has 0 spiro atoms. The predicted molar refractivity (Wildman–Crippen MR) is 129 cm³/mol. The molecular formula is C25H32N6O4. The van der Waals surface area contributed by atoms with Crippen LogP contribution in [0.15, 0.2) is 30.6 Å². The Morgan fingerprint density at radius 2 is 2.03 bits per heavy atom. The Bertz CT molecular complexity index is 1120. The van der Waals surface area contributed by atoms with Crippen LogP contribution in [0.5, 0.6) is 0 Å². The van der Waals surface area contributed by atoms with E-state index in [1.807, 2.05) is 32.0 Å². The van der Waals surface area contributed by atoms with Crippen molar-refractivity contribution < 1.29 is 19.2 Å². The molecule has 1 aromatic carbocycles. The van der Waals surface area contributed by atoms with Gasteiger partial charge in [0.15, 0.2) is 0 Å². The Kier molecular flexibility index (Phi) is 7.18. The summed E-state index contributed by atoms with van der Waals surface area (Å²) in [5.74, 6) is -1.36. The third-order valence-corrected chi connectivity index (χ3v) is 6.90. The van der Waals surface area contributed by atoms with Gasteiger partial charge in [0.05, 0.1) is 11.9 Å². The SMILES string of the molecule is CC[C@H](C)[C@H](NC(C)=O)C(=O)N[C@H]1CCc2cccc3c2N(C1=O)[C@H](C(=O)NCc1cn[nH]c1)C3. The number of hydrogen-bond acceptors (Lipinski definition) is 5. The molecule has 0 saturated heterocycles. The maximum Gasteiger partial charge on any atom is 0.250 e. The Morgan fingerprint density at radius 3 is 2.71 bits per heavy atom. The van der Waals surface area contributed by atoms with E-state index in [4.69, 9.17) is 0 Å². The van der Waals surface area contributed by atoms with Crippen LogP contribution in [-0.4, -0.2) is 52.0 Å². The minimum Gasteiger partial charge on any atom is -0.350 e. The van der Waals surface area contributed by atoms with E-state index in [2.05, 4.69) is 26.1 Å². The summed E-state index contributed by atoms with van der Waals surface area (Å²) >= 11 is 0. The molecule has 0 bridgehead atoms. The average Bonchev–Trinajstić information content (AvgIpc) is 3.47. The standard InChI is InChI=1S/C25H32N6O4/c1-4-14(2)21(29-15(3)32)24(34)30-19-9-8-17-6-5-7-18-10-20(31(22(17)18)25(19)35)23(33)26-11-16-12-27-28-13-16/h5-7,12-14,19-21H,4,8-11H2,1-3H3,(H,26,33)(H,27,28)(H,29,32)(H,30,34)/t14-,19-,20-,21-/m0/s1. The number of H-pyrrole nitrogens is 1. The molecule has 2 aliphatic heterocycles. The van der Waals surface area contributed by atoms with Crippen molar-refractivity contribution in [2.75, 3.05) is 4.90 Å². The summed E-state index contributed by atoms with van der Waals surface area (Å²) in [6.07, 6.45) is 5.44. The van der Waals surface area contributed by atoms with Crippen molar-refractivity contribution in [3.63, 3.8) is 0 Å². The van der Waals surface area contributed by atoms with Crippen molar-refractivity contribution in [3.8, 4) is 0 Å². The zero-order valence-electron chi connectivity index (χ0n) is 20.3. The van der Waals surface area contributed by atoms with Gasteiger partial charge in [0.2, 0.25) is 23.6 Å². The number of aromatic nitrogens is 2. The topological polar surface area (TPSA) is 136 Å². The summed E-state index contributed by atoms with van der Waals surface area (Å²) in [5, 5.41) is 15.1. The molecule has 0 radical (unpaired) electrons. The minimum atomic E-state index is -0.801. The highest BCUT2D eigenvalue weighted by Crippen LogP contribution is 2.39. The molecule has 35 heavy (non-hydrogen) atoms. The van der Waals surface area contributed by atoms with E-state index in [0.29, 0.717) is 32.2 Å². The number of aryl methyl sites for hydroxylation is 1. The highest BCUT2D eigenvalue weighted by Gasteiger charge is 2.44. The van der Waals surface area contributed by atoms with Crippen molar-refractivity contribution in [1.29, 1.82) is 0 Å². The average molecular weight is 481 g/mol. The van der Waals surface area contributed by atoms with Crippen LogP contribution in [0.1, 0.15) is 50.3 Å². The van der Waals surface area contributed by atoms with Crippen LogP contribution >= 0.6 is 0 Å². The van der Waals surface area contributed by atoms with Gasteiger partial charge in [0.25, 0.3) is 0 Å². The zero-order valence-corrected chi connectivity index (χ0v) is 20.3. The lowest BCUT2D eigenvalue weighted by molar-refractivity contribution is -0.132. The van der Waals surface area contributed by atoms with Gasteiger partial charge in [-0.05, 0) is 29.9 Å². The van der Waals surface area contributed by atoms with Gasteiger partial charge < -0.3 is 16.0 Å². The fraction of sp³-hybridized carbons (Fsp3) is 0.480. The molecule has 10 heteroatoms. The second kappa shape index (κ2) is 10.3. The first-order valence-corrected chi connectivity index (χ1v) is 12.1. The maximum absolute atomic E-state index is 13.8. The Morgan fingerprint density at radius 1 is 1.26 bits per heavy atom. The van der Waals surface area contributed by atoms with E-state index in [1.54, 1.807) is 17.3 Å². The van der Waals surface area contributed by atoms with Gasteiger partial charge in [0, 0.05) is 31.6 Å². The minimum absolute atomic E-state index is 0.100. The molecule has 2 aliphatic rings. The van der Waals surface area contributed by atoms with Gasteiger partial charge in [-0.15, -0.1) is 0 Å². The van der Waals surface area contributed by atoms with Crippen LogP contribution in [0.4, 0.5) is 5.69 Å². The van der Waals surface area contributed by atoms with Crippen LogP contribution in [0.25, 0.3) is 0 Å². The summed E-state index contributed by atoms with van der Waals surface area (Å²) in [5.41, 5.74) is 3.54. The summed E-state index contributed by atoms with van der Waals surface area (Å²) in [6.45, 7) is 5.50. The molecule has 186 valence electrons. The van der Waals surface area contributed by atoms with E-state index in [0.717, 1.165) is 22.4 Å².